The molecule has 2 N–H and O–H groups in total. The van der Waals surface area contributed by atoms with Crippen LogP contribution < -0.4 is 5.32 Å². The number of anilines is 1. The zero-order valence-corrected chi connectivity index (χ0v) is 13.7. The number of benzene rings is 1. The smallest absolute Gasteiger partial charge is 0.411 e. The molecule has 2 rings (SSSR count). The number of hydrogen-bond donors (Lipinski definition) is 2. The van der Waals surface area contributed by atoms with Crippen LogP contribution in [0.2, 0.25) is 5.28 Å². The van der Waals surface area contributed by atoms with Crippen LogP contribution in [-0.4, -0.2) is 37.9 Å². The average Bonchev–Trinajstić information content (AvgIpc) is 2.88. The van der Waals surface area contributed by atoms with Crippen LogP contribution in [0.15, 0.2) is 30.5 Å². The number of amides is 1. The first-order valence-electron chi connectivity index (χ1n) is 6.95. The first-order chi connectivity index (χ1) is 11.7. The lowest BCUT2D eigenvalue weighted by Crippen LogP contribution is -2.37. The Labute approximate surface area is 146 Å². The number of nitro groups is 1. The molecule has 0 spiro atoms. The van der Waals surface area contributed by atoms with E-state index in [9.17, 15) is 24.4 Å². The van der Waals surface area contributed by atoms with Crippen molar-refractivity contribution in [2.45, 2.75) is 19.1 Å². The van der Waals surface area contributed by atoms with Crippen molar-refractivity contribution in [2.75, 3.05) is 11.9 Å². The summed E-state index contributed by atoms with van der Waals surface area (Å²) in [6, 6.07) is 5.03. The van der Waals surface area contributed by atoms with Crippen LogP contribution in [0, 0.1) is 15.9 Å². The maximum atomic E-state index is 12.8. The zero-order chi connectivity index (χ0) is 18.6. The molecule has 1 aromatic heterocycles. The van der Waals surface area contributed by atoms with Gasteiger partial charge in [0.1, 0.15) is 24.2 Å². The highest BCUT2D eigenvalue weighted by Crippen LogP contribution is 2.19. The van der Waals surface area contributed by atoms with E-state index in [1.807, 2.05) is 0 Å². The lowest BCUT2D eigenvalue weighted by molar-refractivity contribution is -0.389. The van der Waals surface area contributed by atoms with Gasteiger partial charge in [-0.05, 0) is 52.7 Å². The number of hydrogen-bond acceptors (Lipinski definition) is 6. The van der Waals surface area contributed by atoms with Gasteiger partial charge in [-0.3, -0.25) is 9.88 Å². The Morgan fingerprint density at radius 3 is 2.72 bits per heavy atom. The van der Waals surface area contributed by atoms with Crippen molar-refractivity contribution in [1.29, 1.82) is 0 Å². The van der Waals surface area contributed by atoms with Crippen LogP contribution in [0.1, 0.15) is 6.92 Å². The Kier molecular flexibility index (Phi) is 5.55. The minimum atomic E-state index is -1.56. The molecule has 0 radical (unpaired) electrons. The summed E-state index contributed by atoms with van der Waals surface area (Å²) in [5, 5.41) is 23.1. The van der Waals surface area contributed by atoms with Gasteiger partial charge in [-0.25, -0.2) is 9.18 Å². The third-order valence-electron chi connectivity index (χ3n) is 3.02. The number of halogens is 2. The number of nitrogens with one attached hydrogen (secondary N) is 1. The van der Waals surface area contributed by atoms with Gasteiger partial charge < -0.3 is 20.0 Å². The van der Waals surface area contributed by atoms with Gasteiger partial charge in [0, 0.05) is 5.69 Å². The number of ether oxygens (including phenoxy) is 1. The van der Waals surface area contributed by atoms with E-state index in [4.69, 9.17) is 16.3 Å². The number of nitrogens with zero attached hydrogens (tertiary/aromatic N) is 3. The van der Waals surface area contributed by atoms with Crippen molar-refractivity contribution in [1.82, 2.24) is 9.55 Å². The minimum Gasteiger partial charge on any atom is -0.446 e. The fourth-order valence-corrected chi connectivity index (χ4v) is 2.10. The Morgan fingerprint density at radius 1 is 1.52 bits per heavy atom. The van der Waals surface area contributed by atoms with E-state index < -0.39 is 34.9 Å². The number of carbonyl (C=O) groups excluding carboxylic acids is 1. The molecule has 9 nitrogen and oxygen atoms in total. The third kappa shape index (κ3) is 5.40. The van der Waals surface area contributed by atoms with E-state index in [-0.39, 0.29) is 11.8 Å². The first-order valence-corrected chi connectivity index (χ1v) is 7.33. The van der Waals surface area contributed by atoms with Crippen LogP contribution in [0.5, 0.6) is 0 Å². The highest BCUT2D eigenvalue weighted by Gasteiger charge is 2.27. The van der Waals surface area contributed by atoms with Crippen molar-refractivity contribution in [3.8, 4) is 0 Å². The maximum absolute atomic E-state index is 12.8. The van der Waals surface area contributed by atoms with Crippen LogP contribution in [0.4, 0.5) is 20.7 Å². The predicted octanol–water partition coefficient (Wildman–Crippen LogP) is 2.58. The monoisotopic (exact) mass is 372 g/mol. The van der Waals surface area contributed by atoms with Gasteiger partial charge in [0.25, 0.3) is 0 Å². The molecular formula is C14H14ClFN4O5. The fraction of sp³-hybridized carbons (Fsp3) is 0.286. The highest BCUT2D eigenvalue weighted by molar-refractivity contribution is 6.28. The molecule has 2 aromatic rings. The Morgan fingerprint density at radius 2 is 2.16 bits per heavy atom. The van der Waals surface area contributed by atoms with Crippen LogP contribution >= 0.6 is 11.6 Å². The minimum absolute atomic E-state index is 0.178. The topological polar surface area (TPSA) is 120 Å². The molecule has 134 valence electrons. The second-order valence-corrected chi connectivity index (χ2v) is 5.80. The van der Waals surface area contributed by atoms with Gasteiger partial charge in [0.15, 0.2) is 0 Å². The van der Waals surface area contributed by atoms with Crippen molar-refractivity contribution >= 4 is 29.2 Å². The molecule has 0 bridgehead atoms. The van der Waals surface area contributed by atoms with Crippen molar-refractivity contribution in [2.24, 2.45) is 0 Å². The van der Waals surface area contributed by atoms with Crippen molar-refractivity contribution < 1.29 is 24.0 Å². The fourth-order valence-electron chi connectivity index (χ4n) is 1.90. The van der Waals surface area contributed by atoms with Crippen LogP contribution in [0.3, 0.4) is 0 Å². The standard InChI is InChI=1S/C14H14ClFN4O5/c1-14(22,7-19-6-11(20(23)24)18-12(19)15)8-25-13(21)17-10-4-2-9(16)3-5-10/h2-6,22H,7-8H2,1H3,(H,17,21). The van der Waals surface area contributed by atoms with E-state index in [1.54, 1.807) is 0 Å². The number of carbonyl (C=O) groups is 1. The van der Waals surface area contributed by atoms with Crippen LogP contribution in [-0.2, 0) is 11.3 Å². The molecule has 0 saturated heterocycles. The predicted molar refractivity (Wildman–Crippen MR) is 85.9 cm³/mol. The molecule has 0 aliphatic carbocycles. The quantitative estimate of drug-likeness (QED) is 0.594. The van der Waals surface area contributed by atoms with Gasteiger partial charge >= 0.3 is 17.2 Å². The normalized spacial score (nSPS) is 13.1. The average molecular weight is 373 g/mol. The SMILES string of the molecule is CC(O)(COC(=O)Nc1ccc(F)cc1)Cn1cc([N+](=O)[O-])nc1Cl. The number of aliphatic hydroxyl groups is 1. The van der Waals surface area contributed by atoms with Gasteiger partial charge in [0.05, 0.1) is 6.54 Å². The first kappa shape index (κ1) is 18.6. The van der Waals surface area contributed by atoms with Crippen molar-refractivity contribution in [3.05, 3.63) is 51.7 Å². The molecule has 0 fully saturated rings. The molecule has 25 heavy (non-hydrogen) atoms. The second kappa shape index (κ2) is 7.45. The molecule has 1 aromatic carbocycles. The van der Waals surface area contributed by atoms with E-state index in [0.717, 1.165) is 6.20 Å². The summed E-state index contributed by atoms with van der Waals surface area (Å²) in [5.41, 5.74) is -1.24. The summed E-state index contributed by atoms with van der Waals surface area (Å²) in [6.07, 6.45) is 0.213. The van der Waals surface area contributed by atoms with Gasteiger partial charge in [0.2, 0.25) is 0 Å². The maximum Gasteiger partial charge on any atom is 0.411 e. The summed E-state index contributed by atoms with van der Waals surface area (Å²) in [6.45, 7) is 0.763. The molecule has 1 unspecified atom stereocenters. The summed E-state index contributed by atoms with van der Waals surface area (Å²) in [4.78, 5) is 25.1. The molecule has 1 heterocycles. The molecule has 0 aliphatic rings. The molecular weight excluding hydrogens is 359 g/mol. The summed E-state index contributed by atoms with van der Waals surface area (Å²) >= 11 is 5.76. The second-order valence-electron chi connectivity index (χ2n) is 5.46. The van der Waals surface area contributed by atoms with Gasteiger partial charge in [-0.2, -0.15) is 0 Å². The summed E-state index contributed by atoms with van der Waals surface area (Å²) in [5.74, 6) is -0.913. The van der Waals surface area contributed by atoms with Gasteiger partial charge in [-0.15, -0.1) is 0 Å². The summed E-state index contributed by atoms with van der Waals surface area (Å²) in [7, 11) is 0. The molecule has 0 saturated carbocycles. The number of rotatable bonds is 6. The lowest BCUT2D eigenvalue weighted by atomic mass is 10.1. The molecule has 0 aliphatic heterocycles. The van der Waals surface area contributed by atoms with E-state index in [0.29, 0.717) is 5.69 Å². The Balaban J connectivity index is 1.91. The van der Waals surface area contributed by atoms with Crippen molar-refractivity contribution in [3.63, 3.8) is 0 Å². The summed E-state index contributed by atoms with van der Waals surface area (Å²) < 4.78 is 18.9. The van der Waals surface area contributed by atoms with E-state index in [1.165, 1.54) is 35.8 Å². The zero-order valence-electron chi connectivity index (χ0n) is 13.0. The number of imidazole rings is 1. The molecule has 1 amide bonds. The van der Waals surface area contributed by atoms with E-state index in [2.05, 4.69) is 10.3 Å². The molecule has 1 atom stereocenters. The largest absolute Gasteiger partial charge is 0.446 e. The highest BCUT2D eigenvalue weighted by atomic mass is 35.5. The third-order valence-corrected chi connectivity index (χ3v) is 3.32. The van der Waals surface area contributed by atoms with Crippen LogP contribution in [0.25, 0.3) is 0 Å². The Hall–Kier alpha value is -2.72. The number of aromatic nitrogens is 2. The Bertz CT molecular complexity index is 778. The van der Waals surface area contributed by atoms with E-state index >= 15 is 0 Å². The van der Waals surface area contributed by atoms with Gasteiger partial charge in [-0.1, -0.05) is 0 Å². The lowest BCUT2D eigenvalue weighted by Gasteiger charge is -2.23. The molecule has 11 heteroatoms.